The van der Waals surface area contributed by atoms with Crippen molar-refractivity contribution in [2.24, 2.45) is 0 Å². The molecule has 0 fully saturated rings. The second-order valence-electron chi connectivity index (χ2n) is 10.4. The number of nitrogens with one attached hydrogen (secondary N) is 2. The number of rotatable bonds is 1. The number of benzene rings is 4. The van der Waals surface area contributed by atoms with Crippen molar-refractivity contribution in [2.45, 2.75) is 4.90 Å². The number of hydrogen-bond acceptors (Lipinski definition) is 8. The van der Waals surface area contributed by atoms with Crippen molar-refractivity contribution >= 4 is 106 Å². The first-order chi connectivity index (χ1) is 21.4. The summed E-state index contributed by atoms with van der Waals surface area (Å²) in [4.78, 5) is 35.4. The molecule has 9 rings (SSSR count). The Bertz CT molecular complexity index is 2670. The first-order valence-electron chi connectivity index (χ1n) is 13.6. The Morgan fingerprint density at radius 2 is 0.848 bits per heavy atom. The van der Waals surface area contributed by atoms with Gasteiger partial charge in [0.2, 0.25) is 0 Å². The van der Waals surface area contributed by atoms with Crippen LogP contribution in [-0.4, -0.2) is 104 Å². The zero-order valence-electron chi connectivity index (χ0n) is 22.8. The number of aromatic amines is 2. The predicted octanol–water partition coefficient (Wildman–Crippen LogP) is 5.46. The van der Waals surface area contributed by atoms with Crippen LogP contribution in [0.25, 0.3) is 89.7 Å². The van der Waals surface area contributed by atoms with Gasteiger partial charge in [-0.25, -0.2) is 29.9 Å². The van der Waals surface area contributed by atoms with Crippen LogP contribution in [0.15, 0.2) is 95.9 Å². The molecule has 0 saturated heterocycles. The SMILES string of the molecule is O=S(=O)(O)c1cccc2c3nc4nc(nc5[nH]c(nc6nc(nc([nH]3)c12)-c1ccccc1-6)c1ccccc51)-c1ccccc1-4.[Co].[KH]. The second-order valence-corrected chi connectivity index (χ2v) is 11.8. The molecule has 0 amide bonds. The summed E-state index contributed by atoms with van der Waals surface area (Å²) in [7, 11) is -4.62. The van der Waals surface area contributed by atoms with E-state index in [4.69, 9.17) is 29.9 Å². The average Bonchev–Trinajstić information content (AvgIpc) is 3.76. The molecule has 3 N–H and O–H groups in total. The van der Waals surface area contributed by atoms with Crippen molar-refractivity contribution in [3.05, 3.63) is 91.0 Å². The fourth-order valence-electron chi connectivity index (χ4n) is 5.87. The van der Waals surface area contributed by atoms with E-state index < -0.39 is 10.1 Å². The van der Waals surface area contributed by atoms with E-state index in [1.165, 1.54) is 6.07 Å². The Morgan fingerprint density at radius 3 is 1.30 bits per heavy atom. The van der Waals surface area contributed by atoms with Gasteiger partial charge >= 0.3 is 51.4 Å². The van der Waals surface area contributed by atoms with E-state index in [9.17, 15) is 13.0 Å². The maximum atomic E-state index is 12.5. The predicted molar refractivity (Wildman–Crippen MR) is 173 cm³/mol. The minimum atomic E-state index is -4.62. The van der Waals surface area contributed by atoms with Crippen molar-refractivity contribution in [3.8, 4) is 45.6 Å². The van der Waals surface area contributed by atoms with Crippen molar-refractivity contribution in [1.82, 2.24) is 39.9 Å². The van der Waals surface area contributed by atoms with Gasteiger partial charge in [0.25, 0.3) is 10.1 Å². The molecule has 0 aliphatic carbocycles. The third-order valence-corrected chi connectivity index (χ3v) is 8.72. The minimum absolute atomic E-state index is 0. The van der Waals surface area contributed by atoms with Gasteiger partial charge in [0.05, 0.1) is 0 Å². The van der Waals surface area contributed by atoms with Crippen LogP contribution >= 0.6 is 0 Å². The summed E-state index contributed by atoms with van der Waals surface area (Å²) in [5.41, 5.74) is 4.68. The molecule has 2 aliphatic heterocycles. The fraction of sp³-hybridized carbons (Fsp3) is 0. The van der Waals surface area contributed by atoms with E-state index in [-0.39, 0.29) is 84.1 Å². The molecule has 14 heteroatoms. The number of H-pyrrole nitrogens is 2. The summed E-state index contributed by atoms with van der Waals surface area (Å²) in [6.45, 7) is 0. The monoisotopic (exact) mass is 693 g/mol. The van der Waals surface area contributed by atoms with Crippen LogP contribution < -0.4 is 0 Å². The summed E-state index contributed by atoms with van der Waals surface area (Å²) in [5, 5.41) is 2.36. The number of fused-ring (bicyclic) bond motifs is 20. The third-order valence-electron chi connectivity index (χ3n) is 7.82. The second kappa shape index (κ2) is 11.5. The molecule has 8 bridgehead atoms. The molecule has 7 aromatic rings. The van der Waals surface area contributed by atoms with Crippen LogP contribution in [-0.2, 0) is 26.9 Å². The summed E-state index contributed by atoms with van der Waals surface area (Å²) in [6, 6.07) is 27.6. The molecule has 11 nitrogen and oxygen atoms in total. The molecule has 3 aromatic heterocycles. The molecule has 2 aliphatic rings. The van der Waals surface area contributed by atoms with Gasteiger partial charge in [0, 0.05) is 60.6 Å². The molecular weight excluding hydrogens is 675 g/mol. The summed E-state index contributed by atoms with van der Waals surface area (Å²) >= 11 is 0. The Kier molecular flexibility index (Phi) is 7.74. The van der Waals surface area contributed by atoms with Gasteiger partial charge in [-0.15, -0.1) is 0 Å². The molecule has 221 valence electrons. The van der Waals surface area contributed by atoms with E-state index >= 15 is 0 Å². The molecule has 4 aromatic carbocycles. The van der Waals surface area contributed by atoms with Crippen molar-refractivity contribution < 1.29 is 29.7 Å². The molecule has 0 saturated carbocycles. The van der Waals surface area contributed by atoms with Gasteiger partial charge in [0.1, 0.15) is 27.5 Å². The summed E-state index contributed by atoms with van der Waals surface area (Å²) in [5.74, 6) is 1.60. The van der Waals surface area contributed by atoms with Gasteiger partial charge in [0.15, 0.2) is 23.3 Å². The maximum absolute atomic E-state index is 12.5. The van der Waals surface area contributed by atoms with E-state index in [0.29, 0.717) is 45.6 Å². The van der Waals surface area contributed by atoms with Crippen LogP contribution in [0, 0.1) is 0 Å². The van der Waals surface area contributed by atoms with Crippen LogP contribution in [0.4, 0.5) is 0 Å². The molecular formula is C32H19CoKN8O3S. The Morgan fingerprint density at radius 1 is 0.478 bits per heavy atom. The molecule has 0 atom stereocenters. The molecule has 46 heavy (non-hydrogen) atoms. The van der Waals surface area contributed by atoms with E-state index in [1.54, 1.807) is 12.1 Å². The van der Waals surface area contributed by atoms with Gasteiger partial charge in [-0.2, -0.15) is 8.42 Å². The van der Waals surface area contributed by atoms with Gasteiger partial charge in [-0.3, -0.25) is 4.55 Å². The standard InChI is InChI=1S/C32H18N8O3S.Co.K.H/c41-44(42,43)23-15-7-14-22-24(23)32-39-30-21-13-6-5-12-20(21)28(37-30)35-26-17-9-2-1-8-16(17)25(33-26)34-27-18-10-3-4-11-19(18)29(36-27)38-31(22)40-32;;;/h1-15H,(H,41,42,43)(H2,33,34,35,36,37,38,39,40);;;. The molecule has 0 spiro atoms. The van der Waals surface area contributed by atoms with Gasteiger partial charge in [-0.1, -0.05) is 84.9 Å². The van der Waals surface area contributed by atoms with Crippen LogP contribution in [0.3, 0.4) is 0 Å². The van der Waals surface area contributed by atoms with Crippen LogP contribution in [0.1, 0.15) is 0 Å². The topological polar surface area (TPSA) is 163 Å². The van der Waals surface area contributed by atoms with Crippen molar-refractivity contribution in [1.29, 1.82) is 0 Å². The van der Waals surface area contributed by atoms with E-state index in [2.05, 4.69) is 9.97 Å². The zero-order valence-corrected chi connectivity index (χ0v) is 24.7. The Balaban J connectivity index is 0.00000169. The number of aromatic nitrogens is 8. The molecule has 1 radical (unpaired) electrons. The Labute approximate surface area is 313 Å². The van der Waals surface area contributed by atoms with Gasteiger partial charge < -0.3 is 9.97 Å². The van der Waals surface area contributed by atoms with Crippen LogP contribution in [0.2, 0.25) is 0 Å². The van der Waals surface area contributed by atoms with Crippen molar-refractivity contribution in [3.63, 3.8) is 0 Å². The van der Waals surface area contributed by atoms with E-state index in [1.807, 2.05) is 72.8 Å². The molecule has 0 unspecified atom stereocenters. The van der Waals surface area contributed by atoms with E-state index in [0.717, 1.165) is 33.0 Å². The first-order valence-corrected chi connectivity index (χ1v) is 15.1. The van der Waals surface area contributed by atoms with Crippen LogP contribution in [0.5, 0.6) is 0 Å². The molecule has 5 heterocycles. The van der Waals surface area contributed by atoms with Crippen molar-refractivity contribution in [2.75, 3.05) is 0 Å². The quantitative estimate of drug-likeness (QED) is 0.150. The van der Waals surface area contributed by atoms with Gasteiger partial charge in [-0.05, 0) is 6.07 Å². The summed E-state index contributed by atoms with van der Waals surface area (Å²) in [6.07, 6.45) is 0. The fourth-order valence-corrected chi connectivity index (χ4v) is 6.59. The number of nitrogens with zero attached hydrogens (tertiary/aromatic N) is 6. The number of hydrogen-bond donors (Lipinski definition) is 3. The first kappa shape index (κ1) is 30.9. The summed E-state index contributed by atoms with van der Waals surface area (Å²) < 4.78 is 35.2. The average molecular weight is 694 g/mol. The Hall–Kier alpha value is -3.71. The normalized spacial score (nSPS) is 11.8. The third kappa shape index (κ3) is 4.85. The zero-order chi connectivity index (χ0) is 29.6.